The SMILES string of the molecule is CCC(C)C(NC(=O)C(N)CC[Se]C)C(=O)O. The number of hydrogen-bond donors (Lipinski definition) is 3. The van der Waals surface area contributed by atoms with Crippen LogP contribution in [0.2, 0.25) is 11.1 Å². The standard InChI is InChI=1S/C11H22N2O3Se/c1-4-7(2)9(11(15)16)13-10(14)8(12)5-6-17-3/h7-9H,4-6,12H2,1-3H3,(H,13,14)(H,15,16). The van der Waals surface area contributed by atoms with E-state index in [9.17, 15) is 9.59 Å². The van der Waals surface area contributed by atoms with Gasteiger partial charge in [-0.25, -0.2) is 0 Å². The molecule has 0 radical (unpaired) electrons. The zero-order chi connectivity index (χ0) is 13.4. The number of carboxylic acids is 1. The van der Waals surface area contributed by atoms with Gasteiger partial charge in [-0.05, 0) is 0 Å². The van der Waals surface area contributed by atoms with Crippen molar-refractivity contribution in [1.82, 2.24) is 5.32 Å². The van der Waals surface area contributed by atoms with Gasteiger partial charge in [-0.3, -0.25) is 0 Å². The predicted molar refractivity (Wildman–Crippen MR) is 68.0 cm³/mol. The Morgan fingerprint density at radius 1 is 1.47 bits per heavy atom. The summed E-state index contributed by atoms with van der Waals surface area (Å²) in [6.07, 6.45) is 1.32. The second-order valence-electron chi connectivity index (χ2n) is 4.10. The van der Waals surface area contributed by atoms with Crippen molar-refractivity contribution in [2.75, 3.05) is 0 Å². The van der Waals surface area contributed by atoms with Crippen molar-refractivity contribution in [3.63, 3.8) is 0 Å². The molecular weight excluding hydrogens is 287 g/mol. The number of hydrogen-bond acceptors (Lipinski definition) is 3. The summed E-state index contributed by atoms with van der Waals surface area (Å²) < 4.78 is 0. The van der Waals surface area contributed by atoms with E-state index in [2.05, 4.69) is 11.1 Å². The Morgan fingerprint density at radius 3 is 2.47 bits per heavy atom. The summed E-state index contributed by atoms with van der Waals surface area (Å²) >= 11 is 0.487. The molecule has 0 fully saturated rings. The fourth-order valence-corrected chi connectivity index (χ4v) is 2.35. The Hall–Kier alpha value is -0.581. The van der Waals surface area contributed by atoms with E-state index >= 15 is 0 Å². The molecule has 1 amide bonds. The summed E-state index contributed by atoms with van der Waals surface area (Å²) in [6, 6.07) is -1.44. The molecule has 0 aliphatic heterocycles. The molecule has 5 nitrogen and oxygen atoms in total. The first-order chi connectivity index (χ1) is 7.93. The molecule has 0 rings (SSSR count). The Kier molecular flexibility index (Phi) is 8.21. The molecule has 0 aromatic rings. The topological polar surface area (TPSA) is 92.4 Å². The van der Waals surface area contributed by atoms with E-state index < -0.39 is 18.1 Å². The average molecular weight is 309 g/mol. The Balaban J connectivity index is 4.35. The van der Waals surface area contributed by atoms with Crippen molar-refractivity contribution in [1.29, 1.82) is 0 Å². The molecule has 0 saturated heterocycles. The number of rotatable bonds is 8. The van der Waals surface area contributed by atoms with Crippen LogP contribution in [0.5, 0.6) is 0 Å². The van der Waals surface area contributed by atoms with E-state index in [0.717, 1.165) is 5.32 Å². The van der Waals surface area contributed by atoms with Gasteiger partial charge in [0, 0.05) is 0 Å². The van der Waals surface area contributed by atoms with Crippen molar-refractivity contribution in [3.8, 4) is 0 Å². The summed E-state index contributed by atoms with van der Waals surface area (Å²) in [4.78, 5) is 22.7. The molecule has 0 heterocycles. The third-order valence-electron chi connectivity index (χ3n) is 2.75. The monoisotopic (exact) mass is 310 g/mol. The third-order valence-corrected chi connectivity index (χ3v) is 4.10. The number of carbonyl (C=O) groups excluding carboxylic acids is 1. The molecule has 0 bridgehead atoms. The van der Waals surface area contributed by atoms with Crippen LogP contribution in [-0.2, 0) is 9.59 Å². The molecule has 3 unspecified atom stereocenters. The van der Waals surface area contributed by atoms with Gasteiger partial charge < -0.3 is 0 Å². The Bertz CT molecular complexity index is 261. The molecule has 3 atom stereocenters. The van der Waals surface area contributed by atoms with Gasteiger partial charge in [0.2, 0.25) is 0 Å². The molecule has 4 N–H and O–H groups in total. The van der Waals surface area contributed by atoms with Gasteiger partial charge in [0.05, 0.1) is 0 Å². The third kappa shape index (κ3) is 6.05. The van der Waals surface area contributed by atoms with Gasteiger partial charge >= 0.3 is 108 Å². The predicted octanol–water partition coefficient (Wildman–Crippen LogP) is 0.490. The number of nitrogens with one attached hydrogen (secondary N) is 1. The quantitative estimate of drug-likeness (QED) is 0.569. The minimum absolute atomic E-state index is 0.0981. The van der Waals surface area contributed by atoms with Crippen LogP contribution < -0.4 is 11.1 Å². The van der Waals surface area contributed by atoms with Crippen LogP contribution in [0.25, 0.3) is 0 Å². The zero-order valence-corrected chi connectivity index (χ0v) is 12.3. The van der Waals surface area contributed by atoms with Crippen LogP contribution in [0.3, 0.4) is 0 Å². The molecular formula is C11H22N2O3Se. The van der Waals surface area contributed by atoms with Crippen molar-refractivity contribution >= 4 is 26.8 Å². The molecule has 0 aliphatic carbocycles. The minimum atomic E-state index is -1.00. The van der Waals surface area contributed by atoms with Crippen molar-refractivity contribution in [2.45, 2.75) is 49.9 Å². The van der Waals surface area contributed by atoms with Crippen LogP contribution in [0, 0.1) is 5.92 Å². The average Bonchev–Trinajstić information content (AvgIpc) is 2.31. The van der Waals surface area contributed by atoms with E-state index in [1.165, 1.54) is 0 Å². The Morgan fingerprint density at radius 2 is 2.06 bits per heavy atom. The molecule has 0 spiro atoms. The Labute approximate surface area is 109 Å². The second kappa shape index (κ2) is 8.50. The van der Waals surface area contributed by atoms with Crippen LogP contribution in [0.15, 0.2) is 0 Å². The van der Waals surface area contributed by atoms with Gasteiger partial charge in [0.25, 0.3) is 0 Å². The van der Waals surface area contributed by atoms with Gasteiger partial charge in [-0.15, -0.1) is 0 Å². The fourth-order valence-electron chi connectivity index (χ4n) is 1.32. The van der Waals surface area contributed by atoms with Crippen LogP contribution >= 0.6 is 0 Å². The number of carbonyl (C=O) groups is 2. The van der Waals surface area contributed by atoms with Crippen molar-refractivity contribution in [2.24, 2.45) is 11.7 Å². The summed E-state index contributed by atoms with van der Waals surface area (Å²) in [5, 5.41) is 12.5. The van der Waals surface area contributed by atoms with Crippen LogP contribution in [0.1, 0.15) is 26.7 Å². The summed E-state index contributed by atoms with van der Waals surface area (Å²) in [7, 11) is 0. The van der Waals surface area contributed by atoms with E-state index in [4.69, 9.17) is 10.8 Å². The number of amides is 1. The van der Waals surface area contributed by atoms with Crippen molar-refractivity contribution in [3.05, 3.63) is 0 Å². The normalized spacial score (nSPS) is 16.0. The van der Waals surface area contributed by atoms with Crippen LogP contribution in [-0.4, -0.2) is 44.0 Å². The van der Waals surface area contributed by atoms with E-state index in [0.29, 0.717) is 27.8 Å². The van der Waals surface area contributed by atoms with E-state index in [-0.39, 0.29) is 11.8 Å². The molecule has 6 heteroatoms. The maximum absolute atomic E-state index is 11.7. The summed E-state index contributed by atoms with van der Waals surface area (Å²) in [5.74, 6) is 0.622. The number of aliphatic carboxylic acids is 1. The summed E-state index contributed by atoms with van der Waals surface area (Å²) in [6.45, 7) is 3.70. The molecule has 0 saturated carbocycles. The van der Waals surface area contributed by atoms with Crippen LogP contribution in [0.4, 0.5) is 0 Å². The molecule has 17 heavy (non-hydrogen) atoms. The van der Waals surface area contributed by atoms with Gasteiger partial charge in [-0.2, -0.15) is 0 Å². The zero-order valence-electron chi connectivity index (χ0n) is 10.6. The van der Waals surface area contributed by atoms with Gasteiger partial charge in [0.1, 0.15) is 0 Å². The first-order valence-corrected chi connectivity index (χ1v) is 8.64. The van der Waals surface area contributed by atoms with Gasteiger partial charge in [-0.1, -0.05) is 0 Å². The van der Waals surface area contributed by atoms with Crippen molar-refractivity contribution < 1.29 is 14.7 Å². The molecule has 0 aromatic carbocycles. The van der Waals surface area contributed by atoms with Gasteiger partial charge in [0.15, 0.2) is 0 Å². The summed E-state index contributed by atoms with van der Waals surface area (Å²) in [5.41, 5.74) is 5.70. The number of nitrogens with two attached hydrogens (primary N) is 1. The molecule has 0 aromatic heterocycles. The number of carboxylic acid groups (broad SMARTS) is 1. The second-order valence-corrected chi connectivity index (χ2v) is 6.17. The molecule has 0 aliphatic rings. The molecule has 100 valence electrons. The first kappa shape index (κ1) is 16.4. The van der Waals surface area contributed by atoms with E-state index in [1.807, 2.05) is 6.92 Å². The first-order valence-electron chi connectivity index (χ1n) is 5.71. The van der Waals surface area contributed by atoms with E-state index in [1.54, 1.807) is 6.92 Å². The maximum atomic E-state index is 11.7. The fraction of sp³-hybridized carbons (Fsp3) is 0.818.